The Morgan fingerprint density at radius 2 is 1.88 bits per heavy atom. The topological polar surface area (TPSA) is 76.4 Å². The van der Waals surface area contributed by atoms with Crippen molar-refractivity contribution in [2.75, 3.05) is 20.1 Å². The van der Waals surface area contributed by atoms with Crippen LogP contribution < -0.4 is 15.4 Å². The maximum Gasteiger partial charge on any atom is 0.191 e. The van der Waals surface area contributed by atoms with Gasteiger partial charge in [-0.15, -0.1) is 34.2 Å². The van der Waals surface area contributed by atoms with Crippen LogP contribution in [-0.4, -0.2) is 47.0 Å². The van der Waals surface area contributed by atoms with Crippen LogP contribution in [0, 0.1) is 0 Å². The fourth-order valence-corrected chi connectivity index (χ4v) is 2.34. The van der Waals surface area contributed by atoms with Gasteiger partial charge in [-0.05, 0) is 44.0 Å². The van der Waals surface area contributed by atoms with E-state index in [1.54, 1.807) is 19.7 Å². The quantitative estimate of drug-likeness (QED) is 0.244. The van der Waals surface area contributed by atoms with Gasteiger partial charge in [0, 0.05) is 25.2 Å². The van der Waals surface area contributed by atoms with E-state index in [1.807, 2.05) is 35.8 Å². The van der Waals surface area contributed by atoms with Gasteiger partial charge >= 0.3 is 0 Å². The zero-order valence-electron chi connectivity index (χ0n) is 15.1. The number of benzene rings is 1. The third kappa shape index (κ3) is 8.70. The number of hydrogen-bond donors (Lipinski definition) is 2. The van der Waals surface area contributed by atoms with Crippen molar-refractivity contribution in [2.24, 2.45) is 4.99 Å². The first-order valence-electron chi connectivity index (χ1n) is 8.36. The second kappa shape index (κ2) is 12.7. The second-order valence-electron chi connectivity index (χ2n) is 5.67. The molecule has 0 aliphatic heterocycles. The zero-order valence-corrected chi connectivity index (χ0v) is 18.1. The molecule has 0 aliphatic rings. The minimum absolute atomic E-state index is 0. The smallest absolute Gasteiger partial charge is 0.191 e. The van der Waals surface area contributed by atoms with Crippen molar-refractivity contribution in [3.05, 3.63) is 41.9 Å². The first-order valence-corrected chi connectivity index (χ1v) is 8.74. The molecule has 1 atom stereocenters. The molecule has 144 valence electrons. The normalized spacial score (nSPS) is 12.2. The average molecular weight is 493 g/mol. The minimum Gasteiger partial charge on any atom is -0.489 e. The van der Waals surface area contributed by atoms with E-state index < -0.39 is 0 Å². The summed E-state index contributed by atoms with van der Waals surface area (Å²) in [5.74, 6) is 1.58. The number of nitrogens with zero attached hydrogens (tertiary/aromatic N) is 4. The fraction of sp³-hybridized carbons (Fsp3) is 0.471. The molecule has 1 heterocycles. The molecule has 26 heavy (non-hydrogen) atoms. The predicted octanol–water partition coefficient (Wildman–Crippen LogP) is 2.96. The summed E-state index contributed by atoms with van der Waals surface area (Å²) in [6.07, 6.45) is 5.56. The van der Waals surface area contributed by atoms with E-state index in [1.165, 1.54) is 0 Å². The highest BCUT2D eigenvalue weighted by molar-refractivity contribution is 14.0. The molecule has 7 nitrogen and oxygen atoms in total. The van der Waals surface area contributed by atoms with Crippen molar-refractivity contribution >= 4 is 41.5 Å². The molecule has 1 aromatic carbocycles. The summed E-state index contributed by atoms with van der Waals surface area (Å²) in [4.78, 5) is 4.22. The second-order valence-corrected chi connectivity index (χ2v) is 6.11. The number of nitrogens with one attached hydrogen (secondary N) is 2. The number of ether oxygens (including phenoxy) is 1. The van der Waals surface area contributed by atoms with E-state index in [-0.39, 0.29) is 30.1 Å². The van der Waals surface area contributed by atoms with Crippen LogP contribution in [0.5, 0.6) is 5.75 Å². The highest BCUT2D eigenvalue weighted by Gasteiger charge is 2.05. The summed E-state index contributed by atoms with van der Waals surface area (Å²) in [7, 11) is 1.76. The Labute approximate surface area is 176 Å². The number of aryl methyl sites for hydroxylation is 1. The van der Waals surface area contributed by atoms with E-state index in [0.29, 0.717) is 11.6 Å². The molecule has 2 aromatic rings. The Morgan fingerprint density at radius 3 is 2.54 bits per heavy atom. The first-order chi connectivity index (χ1) is 12.2. The SMILES string of the molecule is CN=C(NCCCCn1cnnc1)NCC(C)Oc1ccc(Cl)cc1.I. The van der Waals surface area contributed by atoms with Crippen molar-refractivity contribution in [3.63, 3.8) is 0 Å². The van der Waals surface area contributed by atoms with Crippen molar-refractivity contribution in [3.8, 4) is 5.75 Å². The minimum atomic E-state index is 0. The summed E-state index contributed by atoms with van der Waals surface area (Å²) in [6.45, 7) is 4.44. The summed E-state index contributed by atoms with van der Waals surface area (Å²) in [5, 5.41) is 14.8. The first kappa shape index (κ1) is 22.5. The van der Waals surface area contributed by atoms with E-state index >= 15 is 0 Å². The molecule has 0 amide bonds. The Balaban J connectivity index is 0.00000338. The maximum absolute atomic E-state index is 5.87. The Morgan fingerprint density at radius 1 is 1.19 bits per heavy atom. The van der Waals surface area contributed by atoms with E-state index in [4.69, 9.17) is 16.3 Å². The van der Waals surface area contributed by atoms with Crippen molar-refractivity contribution in [1.29, 1.82) is 0 Å². The lowest BCUT2D eigenvalue weighted by atomic mass is 10.3. The van der Waals surface area contributed by atoms with Crippen molar-refractivity contribution in [2.45, 2.75) is 32.4 Å². The molecule has 0 saturated heterocycles. The molecule has 0 aliphatic carbocycles. The molecule has 0 spiro atoms. The molecule has 0 bridgehead atoms. The highest BCUT2D eigenvalue weighted by Crippen LogP contribution is 2.16. The van der Waals surface area contributed by atoms with Crippen LogP contribution in [0.15, 0.2) is 41.9 Å². The molecule has 2 N–H and O–H groups in total. The van der Waals surface area contributed by atoms with Crippen molar-refractivity contribution < 1.29 is 4.74 Å². The lowest BCUT2D eigenvalue weighted by molar-refractivity contribution is 0.224. The molecule has 0 fully saturated rings. The number of halogens is 2. The number of aliphatic imine (C=N–C) groups is 1. The molecule has 0 saturated carbocycles. The number of aromatic nitrogens is 3. The number of unbranched alkanes of at least 4 members (excludes halogenated alkanes) is 1. The van der Waals surface area contributed by atoms with Gasteiger partial charge in [-0.25, -0.2) is 0 Å². The van der Waals surface area contributed by atoms with Crippen LogP contribution in [0.4, 0.5) is 0 Å². The van der Waals surface area contributed by atoms with Crippen LogP contribution in [0.2, 0.25) is 5.02 Å². The van der Waals surface area contributed by atoms with E-state index in [0.717, 1.165) is 37.6 Å². The van der Waals surface area contributed by atoms with E-state index in [2.05, 4.69) is 25.8 Å². The lowest BCUT2D eigenvalue weighted by Crippen LogP contribution is -2.42. The zero-order chi connectivity index (χ0) is 17.9. The molecular formula is C17H26ClIN6O. The largest absolute Gasteiger partial charge is 0.489 e. The number of hydrogen-bond acceptors (Lipinski definition) is 4. The van der Waals surface area contributed by atoms with Gasteiger partial charge in [-0.2, -0.15) is 0 Å². The van der Waals surface area contributed by atoms with Gasteiger partial charge in [-0.1, -0.05) is 11.6 Å². The van der Waals surface area contributed by atoms with Gasteiger partial charge in [0.05, 0.1) is 6.54 Å². The summed E-state index contributed by atoms with van der Waals surface area (Å²) >= 11 is 5.87. The third-order valence-corrected chi connectivity index (χ3v) is 3.79. The maximum atomic E-state index is 5.87. The van der Waals surface area contributed by atoms with Gasteiger partial charge in [-0.3, -0.25) is 4.99 Å². The number of rotatable bonds is 9. The van der Waals surface area contributed by atoms with Gasteiger partial charge in [0.2, 0.25) is 0 Å². The standard InChI is InChI=1S/C17H25ClN6O.HI/c1-14(25-16-7-5-15(18)6-8-16)11-21-17(19-2)20-9-3-4-10-24-12-22-23-13-24;/h5-8,12-14H,3-4,9-11H2,1-2H3,(H2,19,20,21);1H. The molecule has 1 aromatic heterocycles. The molecule has 9 heteroatoms. The summed E-state index contributed by atoms with van der Waals surface area (Å²) in [6, 6.07) is 7.36. The van der Waals surface area contributed by atoms with Gasteiger partial charge in [0.25, 0.3) is 0 Å². The Hall–Kier alpha value is -1.55. The monoisotopic (exact) mass is 492 g/mol. The number of guanidine groups is 1. The fourth-order valence-electron chi connectivity index (χ4n) is 2.21. The van der Waals surface area contributed by atoms with Gasteiger partial charge in [0.15, 0.2) is 5.96 Å². The van der Waals surface area contributed by atoms with Crippen LogP contribution in [0.25, 0.3) is 0 Å². The van der Waals surface area contributed by atoms with Crippen LogP contribution in [-0.2, 0) is 6.54 Å². The predicted molar refractivity (Wildman–Crippen MR) is 116 cm³/mol. The van der Waals surface area contributed by atoms with E-state index in [9.17, 15) is 0 Å². The highest BCUT2D eigenvalue weighted by atomic mass is 127. The third-order valence-electron chi connectivity index (χ3n) is 3.53. The summed E-state index contributed by atoms with van der Waals surface area (Å²) < 4.78 is 7.81. The van der Waals surface area contributed by atoms with Crippen molar-refractivity contribution in [1.82, 2.24) is 25.4 Å². The molecule has 1 unspecified atom stereocenters. The van der Waals surface area contributed by atoms with Crippen LogP contribution >= 0.6 is 35.6 Å². The summed E-state index contributed by atoms with van der Waals surface area (Å²) in [5.41, 5.74) is 0. The Bertz CT molecular complexity index is 635. The van der Waals surface area contributed by atoms with Gasteiger partial charge in [0.1, 0.15) is 24.5 Å². The molecule has 0 radical (unpaired) electrons. The Kier molecular flexibility index (Phi) is 11.0. The molecular weight excluding hydrogens is 467 g/mol. The lowest BCUT2D eigenvalue weighted by Gasteiger charge is -2.17. The van der Waals surface area contributed by atoms with Crippen LogP contribution in [0.1, 0.15) is 19.8 Å². The molecule has 2 rings (SSSR count). The van der Waals surface area contributed by atoms with Gasteiger partial charge < -0.3 is 19.9 Å². The van der Waals surface area contributed by atoms with Crippen LogP contribution in [0.3, 0.4) is 0 Å². The average Bonchev–Trinajstić information content (AvgIpc) is 3.13.